The van der Waals surface area contributed by atoms with Gasteiger partial charge in [-0.05, 0) is 31.5 Å². The fourth-order valence-electron chi connectivity index (χ4n) is 2.82. The van der Waals surface area contributed by atoms with Gasteiger partial charge in [-0.2, -0.15) is 0 Å². The van der Waals surface area contributed by atoms with Gasteiger partial charge in [-0.3, -0.25) is 9.69 Å². The van der Waals surface area contributed by atoms with Crippen LogP contribution in [0.3, 0.4) is 0 Å². The first-order valence-electron chi connectivity index (χ1n) is 7.75. The average Bonchev–Trinajstić information content (AvgIpc) is 2.49. The lowest BCUT2D eigenvalue weighted by molar-refractivity contribution is -0.121. The highest BCUT2D eigenvalue weighted by atomic mass is 35.5. The van der Waals surface area contributed by atoms with Gasteiger partial charge in [-0.1, -0.05) is 24.1 Å². The number of likely N-dealkylation sites (tertiary alicyclic amines) is 1. The minimum Gasteiger partial charge on any atom is -0.354 e. The van der Waals surface area contributed by atoms with Crippen LogP contribution in [0.15, 0.2) is 18.2 Å². The monoisotopic (exact) mass is 327 g/mol. The van der Waals surface area contributed by atoms with E-state index in [4.69, 9.17) is 17.3 Å². The zero-order valence-electron chi connectivity index (χ0n) is 12.7. The van der Waals surface area contributed by atoms with Gasteiger partial charge in [0.05, 0.1) is 0 Å². The molecule has 1 aromatic carbocycles. The number of nitrogens with zero attached hydrogens (tertiary/aromatic N) is 1. The highest BCUT2D eigenvalue weighted by Gasteiger charge is 2.23. The number of nitrogens with one attached hydrogen (secondary N) is 1. The van der Waals surface area contributed by atoms with Gasteiger partial charge in [0.25, 0.3) is 0 Å². The molecule has 122 valence electrons. The van der Waals surface area contributed by atoms with Crippen LogP contribution in [0.25, 0.3) is 0 Å². The number of carbonyl (C=O) groups is 1. The van der Waals surface area contributed by atoms with E-state index in [-0.39, 0.29) is 17.8 Å². The fourth-order valence-corrected chi connectivity index (χ4v) is 2.98. The zero-order valence-corrected chi connectivity index (χ0v) is 13.4. The fraction of sp³-hybridized carbons (Fsp3) is 0.562. The molecule has 1 unspecified atom stereocenters. The number of halogens is 2. The second-order valence-corrected chi connectivity index (χ2v) is 6.14. The quantitative estimate of drug-likeness (QED) is 0.843. The summed E-state index contributed by atoms with van der Waals surface area (Å²) in [5, 5.41) is 3.33. The molecule has 1 heterocycles. The van der Waals surface area contributed by atoms with Gasteiger partial charge in [0, 0.05) is 42.7 Å². The maximum absolute atomic E-state index is 14.0. The van der Waals surface area contributed by atoms with E-state index in [0.717, 1.165) is 25.8 Å². The molecule has 0 saturated carbocycles. The Hall–Kier alpha value is -1.17. The summed E-state index contributed by atoms with van der Waals surface area (Å²) < 4.78 is 14.0. The maximum Gasteiger partial charge on any atom is 0.221 e. The molecule has 0 aliphatic carbocycles. The molecule has 0 radical (unpaired) electrons. The third kappa shape index (κ3) is 4.93. The van der Waals surface area contributed by atoms with Crippen molar-refractivity contribution in [3.05, 3.63) is 34.6 Å². The second-order valence-electron chi connectivity index (χ2n) is 5.70. The molecule has 6 heteroatoms. The van der Waals surface area contributed by atoms with E-state index in [1.165, 1.54) is 6.07 Å². The van der Waals surface area contributed by atoms with Crippen LogP contribution in [0.1, 0.15) is 31.2 Å². The predicted octanol–water partition coefficient (Wildman–Crippen LogP) is 2.30. The Morgan fingerprint density at radius 2 is 2.27 bits per heavy atom. The summed E-state index contributed by atoms with van der Waals surface area (Å²) in [5.74, 6) is -0.297. The summed E-state index contributed by atoms with van der Waals surface area (Å²) in [6.45, 7) is 2.41. The second kappa shape index (κ2) is 8.46. The molecule has 4 nitrogen and oxygen atoms in total. The van der Waals surface area contributed by atoms with Gasteiger partial charge in [-0.15, -0.1) is 0 Å². The van der Waals surface area contributed by atoms with Crippen LogP contribution >= 0.6 is 11.6 Å². The number of benzene rings is 1. The Morgan fingerprint density at radius 1 is 1.45 bits per heavy atom. The Kier molecular flexibility index (Phi) is 6.61. The van der Waals surface area contributed by atoms with Crippen molar-refractivity contribution in [1.82, 2.24) is 10.2 Å². The molecule has 0 spiro atoms. The molecule has 1 aliphatic heterocycles. The van der Waals surface area contributed by atoms with Crippen LogP contribution in [-0.4, -0.2) is 36.5 Å². The van der Waals surface area contributed by atoms with Crippen molar-refractivity contribution in [2.24, 2.45) is 5.73 Å². The average molecular weight is 328 g/mol. The number of piperidine rings is 1. The number of hydrogen-bond acceptors (Lipinski definition) is 3. The van der Waals surface area contributed by atoms with Gasteiger partial charge in [0.15, 0.2) is 0 Å². The Balaban J connectivity index is 1.95. The van der Waals surface area contributed by atoms with Crippen LogP contribution in [0.2, 0.25) is 5.02 Å². The molecule has 1 aromatic rings. The van der Waals surface area contributed by atoms with E-state index in [2.05, 4.69) is 10.2 Å². The summed E-state index contributed by atoms with van der Waals surface area (Å²) in [4.78, 5) is 13.8. The third-order valence-electron chi connectivity index (χ3n) is 4.04. The first-order valence-corrected chi connectivity index (χ1v) is 8.12. The highest BCUT2D eigenvalue weighted by molar-refractivity contribution is 6.30. The van der Waals surface area contributed by atoms with Crippen LogP contribution < -0.4 is 11.1 Å². The summed E-state index contributed by atoms with van der Waals surface area (Å²) in [6, 6.07) is 5.03. The Morgan fingerprint density at radius 3 is 3.00 bits per heavy atom. The van der Waals surface area contributed by atoms with Gasteiger partial charge in [0.1, 0.15) is 5.82 Å². The van der Waals surface area contributed by atoms with Crippen LogP contribution in [0.4, 0.5) is 4.39 Å². The lowest BCUT2D eigenvalue weighted by Crippen LogP contribution is -2.46. The lowest BCUT2D eigenvalue weighted by atomic mass is 10.0. The molecule has 1 saturated heterocycles. The van der Waals surface area contributed by atoms with Gasteiger partial charge in [0.2, 0.25) is 5.91 Å². The number of hydrogen-bond donors (Lipinski definition) is 2. The number of amides is 1. The van der Waals surface area contributed by atoms with Gasteiger partial charge < -0.3 is 11.1 Å². The lowest BCUT2D eigenvalue weighted by Gasteiger charge is -2.36. The molecular weight excluding hydrogens is 305 g/mol. The molecule has 0 aromatic heterocycles. The van der Waals surface area contributed by atoms with Crippen molar-refractivity contribution in [2.45, 2.75) is 38.3 Å². The normalized spacial score (nSPS) is 19.1. The molecule has 22 heavy (non-hydrogen) atoms. The summed E-state index contributed by atoms with van der Waals surface area (Å²) in [5.41, 5.74) is 6.02. The van der Waals surface area contributed by atoms with Gasteiger partial charge in [-0.25, -0.2) is 4.39 Å². The standard InChI is InChI=1S/C16H23ClFN3O/c17-13-5-4-12(15(18)9-13)11-21-8-2-1-3-14(21)10-20-16(22)6-7-19/h4-5,9,14H,1-3,6-8,10-11,19H2,(H,20,22). The minimum atomic E-state index is -0.274. The summed E-state index contributed by atoms with van der Waals surface area (Å²) in [6.07, 6.45) is 3.59. The molecule has 0 bridgehead atoms. The highest BCUT2D eigenvalue weighted by Crippen LogP contribution is 2.22. The topological polar surface area (TPSA) is 58.4 Å². The number of rotatable bonds is 6. The molecular formula is C16H23ClFN3O. The van der Waals surface area contributed by atoms with E-state index >= 15 is 0 Å². The van der Waals surface area contributed by atoms with Crippen molar-refractivity contribution in [1.29, 1.82) is 0 Å². The Labute approximate surface area is 135 Å². The SMILES string of the molecule is NCCC(=O)NCC1CCCCN1Cc1ccc(Cl)cc1F. The van der Waals surface area contributed by atoms with Crippen molar-refractivity contribution in [3.8, 4) is 0 Å². The van der Waals surface area contributed by atoms with Crippen LogP contribution in [-0.2, 0) is 11.3 Å². The van der Waals surface area contributed by atoms with Crippen molar-refractivity contribution in [3.63, 3.8) is 0 Å². The van der Waals surface area contributed by atoms with E-state index < -0.39 is 0 Å². The van der Waals surface area contributed by atoms with E-state index in [1.807, 2.05) is 0 Å². The summed E-state index contributed by atoms with van der Waals surface area (Å²) in [7, 11) is 0. The Bertz CT molecular complexity index is 512. The van der Waals surface area contributed by atoms with E-state index in [9.17, 15) is 9.18 Å². The molecule has 1 atom stereocenters. The molecule has 2 rings (SSSR count). The van der Waals surface area contributed by atoms with Crippen molar-refractivity contribution < 1.29 is 9.18 Å². The third-order valence-corrected chi connectivity index (χ3v) is 4.28. The van der Waals surface area contributed by atoms with E-state index in [0.29, 0.717) is 36.6 Å². The van der Waals surface area contributed by atoms with Crippen molar-refractivity contribution in [2.75, 3.05) is 19.6 Å². The van der Waals surface area contributed by atoms with Crippen molar-refractivity contribution >= 4 is 17.5 Å². The predicted molar refractivity (Wildman–Crippen MR) is 86.1 cm³/mol. The smallest absolute Gasteiger partial charge is 0.221 e. The molecule has 1 amide bonds. The molecule has 1 aliphatic rings. The largest absolute Gasteiger partial charge is 0.354 e. The van der Waals surface area contributed by atoms with E-state index in [1.54, 1.807) is 12.1 Å². The van der Waals surface area contributed by atoms with Crippen LogP contribution in [0.5, 0.6) is 0 Å². The first kappa shape index (κ1) is 17.2. The molecule has 1 fully saturated rings. The zero-order chi connectivity index (χ0) is 15.9. The minimum absolute atomic E-state index is 0.0225. The maximum atomic E-state index is 14.0. The van der Waals surface area contributed by atoms with Gasteiger partial charge >= 0.3 is 0 Å². The number of nitrogens with two attached hydrogens (primary N) is 1. The van der Waals surface area contributed by atoms with Crippen LogP contribution in [0, 0.1) is 5.82 Å². The number of carbonyl (C=O) groups excluding carboxylic acids is 1. The summed E-state index contributed by atoms with van der Waals surface area (Å²) >= 11 is 5.79. The molecule has 3 N–H and O–H groups in total. The first-order chi connectivity index (χ1) is 10.6.